The summed E-state index contributed by atoms with van der Waals surface area (Å²) >= 11 is 0. The van der Waals surface area contributed by atoms with E-state index in [4.69, 9.17) is 10.9 Å². The quantitative estimate of drug-likeness (QED) is 0.335. The van der Waals surface area contributed by atoms with Gasteiger partial charge in [-0.3, -0.25) is 0 Å². The van der Waals surface area contributed by atoms with Crippen LogP contribution in [-0.2, 0) is 0 Å². The lowest BCUT2D eigenvalue weighted by atomic mass is 10.2. The highest BCUT2D eigenvalue weighted by Crippen LogP contribution is 2.07. The third kappa shape index (κ3) is 1.85. The standard InChI is InChI=1S/C10H11N5O/c1-7-3-5-15(13-7)9-6-8(2-4-12-9)10(11)14-16/h2-6,16H,1H3,(H2,11,14). The maximum absolute atomic E-state index is 8.57. The first kappa shape index (κ1) is 10.2. The fourth-order valence-corrected chi connectivity index (χ4v) is 1.30. The van der Waals surface area contributed by atoms with Crippen molar-refractivity contribution in [2.45, 2.75) is 6.92 Å². The van der Waals surface area contributed by atoms with E-state index in [1.807, 2.05) is 13.0 Å². The molecule has 0 atom stereocenters. The normalized spacial score (nSPS) is 11.7. The fourth-order valence-electron chi connectivity index (χ4n) is 1.30. The Labute approximate surface area is 92.0 Å². The van der Waals surface area contributed by atoms with Crippen molar-refractivity contribution in [2.24, 2.45) is 10.9 Å². The van der Waals surface area contributed by atoms with Crippen LogP contribution in [-0.4, -0.2) is 25.8 Å². The Hall–Kier alpha value is -2.37. The van der Waals surface area contributed by atoms with Crippen LogP contribution < -0.4 is 5.73 Å². The number of rotatable bonds is 2. The minimum atomic E-state index is 0.0486. The molecule has 6 nitrogen and oxygen atoms in total. The summed E-state index contributed by atoms with van der Waals surface area (Å²) in [5.41, 5.74) is 6.99. The predicted octanol–water partition coefficient (Wildman–Crippen LogP) is 0.670. The highest BCUT2D eigenvalue weighted by atomic mass is 16.4. The summed E-state index contributed by atoms with van der Waals surface area (Å²) in [4.78, 5) is 4.15. The molecular formula is C10H11N5O. The van der Waals surface area contributed by atoms with Gasteiger partial charge >= 0.3 is 0 Å². The zero-order valence-corrected chi connectivity index (χ0v) is 8.70. The average molecular weight is 217 g/mol. The number of hydrogen-bond donors (Lipinski definition) is 2. The van der Waals surface area contributed by atoms with Gasteiger partial charge in [0, 0.05) is 18.0 Å². The summed E-state index contributed by atoms with van der Waals surface area (Å²) in [5, 5.41) is 15.7. The maximum Gasteiger partial charge on any atom is 0.170 e. The van der Waals surface area contributed by atoms with Gasteiger partial charge in [0.2, 0.25) is 0 Å². The molecule has 0 radical (unpaired) electrons. The zero-order valence-electron chi connectivity index (χ0n) is 8.70. The van der Waals surface area contributed by atoms with Crippen molar-refractivity contribution in [3.63, 3.8) is 0 Å². The van der Waals surface area contributed by atoms with Crippen molar-refractivity contribution < 1.29 is 5.21 Å². The Morgan fingerprint density at radius 1 is 1.50 bits per heavy atom. The first-order valence-corrected chi connectivity index (χ1v) is 4.67. The SMILES string of the molecule is Cc1ccn(-c2cc(C(N)=NO)ccn2)n1. The summed E-state index contributed by atoms with van der Waals surface area (Å²) < 4.78 is 1.63. The maximum atomic E-state index is 8.57. The lowest BCUT2D eigenvalue weighted by molar-refractivity contribution is 0.318. The molecule has 0 aromatic carbocycles. The number of oxime groups is 1. The number of amidine groups is 1. The molecule has 3 N–H and O–H groups in total. The van der Waals surface area contributed by atoms with Gasteiger partial charge in [-0.05, 0) is 25.1 Å². The van der Waals surface area contributed by atoms with Crippen LogP contribution in [0.5, 0.6) is 0 Å². The Balaban J connectivity index is 2.43. The van der Waals surface area contributed by atoms with Crippen LogP contribution in [0.4, 0.5) is 0 Å². The molecule has 0 spiro atoms. The largest absolute Gasteiger partial charge is 0.409 e. The predicted molar refractivity (Wildman–Crippen MR) is 58.6 cm³/mol. The van der Waals surface area contributed by atoms with Gasteiger partial charge in [0.1, 0.15) is 0 Å². The number of hydrogen-bond acceptors (Lipinski definition) is 4. The molecule has 0 aliphatic heterocycles. The number of aryl methyl sites for hydroxylation is 1. The molecule has 2 aromatic heterocycles. The molecule has 2 aromatic rings. The molecule has 0 unspecified atom stereocenters. The van der Waals surface area contributed by atoms with E-state index in [1.54, 1.807) is 29.2 Å². The number of nitrogens with two attached hydrogens (primary N) is 1. The second-order valence-corrected chi connectivity index (χ2v) is 3.29. The second-order valence-electron chi connectivity index (χ2n) is 3.29. The van der Waals surface area contributed by atoms with Crippen LogP contribution in [0.15, 0.2) is 35.7 Å². The topological polar surface area (TPSA) is 89.3 Å². The lowest BCUT2D eigenvalue weighted by Crippen LogP contribution is -2.14. The summed E-state index contributed by atoms with van der Waals surface area (Å²) in [6.45, 7) is 1.89. The van der Waals surface area contributed by atoms with E-state index < -0.39 is 0 Å². The molecule has 0 saturated heterocycles. The molecule has 2 rings (SSSR count). The Kier molecular flexibility index (Phi) is 2.55. The van der Waals surface area contributed by atoms with Crippen molar-refractivity contribution in [2.75, 3.05) is 0 Å². The first-order valence-electron chi connectivity index (χ1n) is 4.67. The van der Waals surface area contributed by atoms with Gasteiger partial charge in [0.25, 0.3) is 0 Å². The molecule has 0 saturated carbocycles. The molecule has 16 heavy (non-hydrogen) atoms. The summed E-state index contributed by atoms with van der Waals surface area (Å²) in [6.07, 6.45) is 3.38. The van der Waals surface area contributed by atoms with E-state index in [9.17, 15) is 0 Å². The minimum absolute atomic E-state index is 0.0486. The van der Waals surface area contributed by atoms with Crippen LogP contribution >= 0.6 is 0 Å². The minimum Gasteiger partial charge on any atom is -0.409 e. The van der Waals surface area contributed by atoms with Crippen LogP contribution in [0.3, 0.4) is 0 Å². The van der Waals surface area contributed by atoms with Crippen LogP contribution in [0.1, 0.15) is 11.3 Å². The molecule has 0 aliphatic carbocycles. The van der Waals surface area contributed by atoms with Crippen molar-refractivity contribution in [1.29, 1.82) is 0 Å². The molecule has 6 heteroatoms. The second kappa shape index (κ2) is 4.01. The summed E-state index contributed by atoms with van der Waals surface area (Å²) in [5.74, 6) is 0.671. The summed E-state index contributed by atoms with van der Waals surface area (Å²) in [6, 6.07) is 5.23. The van der Waals surface area contributed by atoms with E-state index >= 15 is 0 Å². The van der Waals surface area contributed by atoms with Crippen LogP contribution in [0.2, 0.25) is 0 Å². The fraction of sp³-hybridized carbons (Fsp3) is 0.100. The molecule has 0 aliphatic rings. The Bertz CT molecular complexity index is 532. The Morgan fingerprint density at radius 3 is 2.94 bits per heavy atom. The van der Waals surface area contributed by atoms with Crippen molar-refractivity contribution in [3.05, 3.63) is 41.9 Å². The summed E-state index contributed by atoms with van der Waals surface area (Å²) in [7, 11) is 0. The van der Waals surface area contributed by atoms with Crippen molar-refractivity contribution in [1.82, 2.24) is 14.8 Å². The van der Waals surface area contributed by atoms with E-state index in [-0.39, 0.29) is 5.84 Å². The lowest BCUT2D eigenvalue weighted by Gasteiger charge is -2.02. The number of nitrogens with zero attached hydrogens (tertiary/aromatic N) is 4. The average Bonchev–Trinajstić information content (AvgIpc) is 2.75. The molecule has 82 valence electrons. The molecule has 2 heterocycles. The van der Waals surface area contributed by atoms with E-state index in [2.05, 4.69) is 15.2 Å². The molecule has 0 bridgehead atoms. The van der Waals surface area contributed by atoms with Gasteiger partial charge in [-0.2, -0.15) is 5.10 Å². The van der Waals surface area contributed by atoms with Gasteiger partial charge in [-0.25, -0.2) is 9.67 Å². The van der Waals surface area contributed by atoms with Gasteiger partial charge in [0.05, 0.1) is 5.69 Å². The Morgan fingerprint density at radius 2 is 2.31 bits per heavy atom. The monoisotopic (exact) mass is 217 g/mol. The van der Waals surface area contributed by atoms with E-state index in [1.165, 1.54) is 0 Å². The van der Waals surface area contributed by atoms with E-state index in [0.717, 1.165) is 5.69 Å². The van der Waals surface area contributed by atoms with Gasteiger partial charge in [-0.1, -0.05) is 5.16 Å². The van der Waals surface area contributed by atoms with Crippen molar-refractivity contribution in [3.8, 4) is 5.82 Å². The van der Waals surface area contributed by atoms with Crippen LogP contribution in [0, 0.1) is 6.92 Å². The first-order chi connectivity index (χ1) is 7.70. The molecular weight excluding hydrogens is 206 g/mol. The third-order valence-electron chi connectivity index (χ3n) is 2.11. The number of pyridine rings is 1. The van der Waals surface area contributed by atoms with Gasteiger partial charge in [0.15, 0.2) is 11.7 Å². The van der Waals surface area contributed by atoms with Gasteiger partial charge < -0.3 is 10.9 Å². The zero-order chi connectivity index (χ0) is 11.5. The highest BCUT2D eigenvalue weighted by Gasteiger charge is 2.04. The van der Waals surface area contributed by atoms with Crippen LogP contribution in [0.25, 0.3) is 5.82 Å². The smallest absolute Gasteiger partial charge is 0.170 e. The van der Waals surface area contributed by atoms with Gasteiger partial charge in [-0.15, -0.1) is 0 Å². The third-order valence-corrected chi connectivity index (χ3v) is 2.11. The van der Waals surface area contributed by atoms with Crippen molar-refractivity contribution >= 4 is 5.84 Å². The highest BCUT2D eigenvalue weighted by molar-refractivity contribution is 5.97. The number of aromatic nitrogens is 3. The molecule has 0 amide bonds. The van der Waals surface area contributed by atoms with E-state index in [0.29, 0.717) is 11.4 Å². The molecule has 0 fully saturated rings.